The predicted molar refractivity (Wildman–Crippen MR) is 82.6 cm³/mol. The first-order valence-electron chi connectivity index (χ1n) is 7.08. The zero-order valence-corrected chi connectivity index (χ0v) is 14.4. The van der Waals surface area contributed by atoms with Gasteiger partial charge >= 0.3 is 11.9 Å². The third-order valence-corrected chi connectivity index (χ3v) is 4.81. The molecule has 0 aliphatic rings. The molecule has 1 aromatic rings. The summed E-state index contributed by atoms with van der Waals surface area (Å²) in [6.07, 6.45) is 1.29. The summed E-state index contributed by atoms with van der Waals surface area (Å²) in [5.41, 5.74) is -0.812. The van der Waals surface area contributed by atoms with Gasteiger partial charge in [-0.05, 0) is 33.3 Å². The van der Waals surface area contributed by atoms with Gasteiger partial charge in [-0.3, -0.25) is 4.79 Å². The number of nitrogens with one attached hydrogen (secondary N) is 1. The normalized spacial score (nSPS) is 12.2. The molecule has 1 rings (SSSR count). The van der Waals surface area contributed by atoms with E-state index in [-0.39, 0.29) is 30.0 Å². The van der Waals surface area contributed by atoms with E-state index in [1.807, 2.05) is 0 Å². The number of carboxylic acid groups (broad SMARTS) is 1. The number of carboxylic acids is 1. The number of ether oxygens (including phenoxy) is 1. The fourth-order valence-electron chi connectivity index (χ4n) is 1.98. The first kappa shape index (κ1) is 19.2. The lowest BCUT2D eigenvalue weighted by Crippen LogP contribution is -2.43. The molecular formula is C14H22N2O6S. The molecule has 23 heavy (non-hydrogen) atoms. The highest BCUT2D eigenvalue weighted by atomic mass is 32.2. The summed E-state index contributed by atoms with van der Waals surface area (Å²) in [5.74, 6) is -1.61. The number of esters is 1. The van der Waals surface area contributed by atoms with E-state index < -0.39 is 27.5 Å². The first-order valence-corrected chi connectivity index (χ1v) is 8.56. The Bertz CT molecular complexity index is 690. The summed E-state index contributed by atoms with van der Waals surface area (Å²) in [6, 6.07) is 1.23. The molecule has 2 N–H and O–H groups in total. The van der Waals surface area contributed by atoms with Gasteiger partial charge in [0, 0.05) is 25.2 Å². The Morgan fingerprint density at radius 3 is 2.52 bits per heavy atom. The summed E-state index contributed by atoms with van der Waals surface area (Å²) < 4.78 is 33.5. The van der Waals surface area contributed by atoms with E-state index in [1.165, 1.54) is 16.8 Å². The van der Waals surface area contributed by atoms with Crippen molar-refractivity contribution >= 4 is 22.0 Å². The molecule has 0 spiro atoms. The molecule has 0 aliphatic heterocycles. The fraction of sp³-hybridized carbons (Fsp3) is 0.571. The largest absolute Gasteiger partial charge is 0.481 e. The summed E-state index contributed by atoms with van der Waals surface area (Å²) in [5, 5.41) is 8.71. The molecular weight excluding hydrogens is 324 g/mol. The maximum Gasteiger partial charge on any atom is 0.354 e. The van der Waals surface area contributed by atoms with Gasteiger partial charge in [-0.1, -0.05) is 0 Å². The average molecular weight is 346 g/mol. The molecule has 0 saturated carbocycles. The minimum absolute atomic E-state index is 0.0774. The van der Waals surface area contributed by atoms with Gasteiger partial charge < -0.3 is 14.4 Å². The van der Waals surface area contributed by atoms with E-state index in [4.69, 9.17) is 9.84 Å². The molecule has 0 saturated heterocycles. The Morgan fingerprint density at radius 2 is 2.00 bits per heavy atom. The van der Waals surface area contributed by atoms with Crippen LogP contribution in [-0.4, -0.2) is 42.2 Å². The highest BCUT2D eigenvalue weighted by Crippen LogP contribution is 2.19. The minimum Gasteiger partial charge on any atom is -0.481 e. The van der Waals surface area contributed by atoms with Crippen molar-refractivity contribution in [1.82, 2.24) is 9.29 Å². The van der Waals surface area contributed by atoms with Crippen LogP contribution in [-0.2, 0) is 26.6 Å². The lowest BCUT2D eigenvalue weighted by molar-refractivity contribution is -0.137. The molecule has 1 heterocycles. The van der Waals surface area contributed by atoms with E-state index in [2.05, 4.69) is 4.72 Å². The fourth-order valence-corrected chi connectivity index (χ4v) is 3.49. The lowest BCUT2D eigenvalue weighted by atomic mass is 10.0. The van der Waals surface area contributed by atoms with Gasteiger partial charge in [0.05, 0.1) is 6.61 Å². The van der Waals surface area contributed by atoms with E-state index in [0.717, 1.165) is 0 Å². The number of hydrogen-bond donors (Lipinski definition) is 2. The monoisotopic (exact) mass is 346 g/mol. The number of aliphatic carboxylic acids is 1. The molecule has 0 radical (unpaired) electrons. The molecule has 1 aromatic heterocycles. The molecule has 130 valence electrons. The maximum atomic E-state index is 12.4. The number of nitrogens with zero attached hydrogens (tertiary/aromatic N) is 1. The van der Waals surface area contributed by atoms with E-state index in [1.54, 1.807) is 27.8 Å². The molecule has 0 aromatic carbocycles. The Balaban J connectivity index is 2.99. The summed E-state index contributed by atoms with van der Waals surface area (Å²) in [6.45, 7) is 5.04. The number of sulfonamides is 1. The van der Waals surface area contributed by atoms with Crippen molar-refractivity contribution in [2.24, 2.45) is 7.05 Å². The van der Waals surface area contributed by atoms with E-state index >= 15 is 0 Å². The van der Waals surface area contributed by atoms with Gasteiger partial charge in [0.25, 0.3) is 0 Å². The van der Waals surface area contributed by atoms with Crippen LogP contribution in [0.15, 0.2) is 17.2 Å². The Labute approximate surface area is 135 Å². The second-order valence-corrected chi connectivity index (χ2v) is 7.46. The quantitative estimate of drug-likeness (QED) is 0.682. The van der Waals surface area contributed by atoms with E-state index in [9.17, 15) is 18.0 Å². The Kier molecular flexibility index (Phi) is 5.95. The van der Waals surface area contributed by atoms with Crippen LogP contribution in [0.3, 0.4) is 0 Å². The van der Waals surface area contributed by atoms with Crippen molar-refractivity contribution in [2.45, 2.75) is 44.0 Å². The van der Waals surface area contributed by atoms with Crippen molar-refractivity contribution < 1.29 is 27.9 Å². The zero-order chi connectivity index (χ0) is 17.8. The highest BCUT2D eigenvalue weighted by Gasteiger charge is 2.28. The summed E-state index contributed by atoms with van der Waals surface area (Å²) in [4.78, 5) is 22.3. The van der Waals surface area contributed by atoms with Crippen LogP contribution in [0.1, 0.15) is 44.1 Å². The zero-order valence-electron chi connectivity index (χ0n) is 13.6. The number of carbonyl (C=O) groups excluding carboxylic acids is 1. The van der Waals surface area contributed by atoms with Gasteiger partial charge in [0.1, 0.15) is 10.6 Å². The van der Waals surface area contributed by atoms with Crippen molar-refractivity contribution in [3.63, 3.8) is 0 Å². The molecule has 0 atom stereocenters. The number of rotatable bonds is 8. The number of hydrogen-bond acceptors (Lipinski definition) is 5. The van der Waals surface area contributed by atoms with E-state index in [0.29, 0.717) is 0 Å². The van der Waals surface area contributed by atoms with Crippen LogP contribution in [0.5, 0.6) is 0 Å². The molecule has 0 fully saturated rings. The number of aromatic nitrogens is 1. The van der Waals surface area contributed by atoms with Gasteiger partial charge in [-0.2, -0.15) is 0 Å². The molecule has 0 aliphatic carbocycles. The smallest absolute Gasteiger partial charge is 0.354 e. The van der Waals surface area contributed by atoms with Crippen LogP contribution < -0.4 is 4.72 Å². The van der Waals surface area contributed by atoms with Crippen molar-refractivity contribution in [2.75, 3.05) is 6.61 Å². The topological polar surface area (TPSA) is 115 Å². The molecule has 8 nitrogen and oxygen atoms in total. The molecule has 0 unspecified atom stereocenters. The number of aryl methyl sites for hydroxylation is 1. The van der Waals surface area contributed by atoms with Crippen LogP contribution >= 0.6 is 0 Å². The Hall–Kier alpha value is -1.87. The third-order valence-electron chi connectivity index (χ3n) is 3.15. The summed E-state index contributed by atoms with van der Waals surface area (Å²) >= 11 is 0. The SMILES string of the molecule is CCOC(=O)c1cc(S(=O)(=O)NC(C)(C)CCC(=O)O)cn1C. The second-order valence-electron chi connectivity index (χ2n) is 5.78. The van der Waals surface area contributed by atoms with Gasteiger partial charge in [0.15, 0.2) is 0 Å². The van der Waals surface area contributed by atoms with Crippen molar-refractivity contribution in [3.8, 4) is 0 Å². The molecule has 9 heteroatoms. The summed E-state index contributed by atoms with van der Waals surface area (Å²) in [7, 11) is -2.35. The van der Waals surface area contributed by atoms with Crippen molar-refractivity contribution in [1.29, 1.82) is 0 Å². The highest BCUT2D eigenvalue weighted by molar-refractivity contribution is 7.89. The van der Waals surface area contributed by atoms with Crippen LogP contribution in [0, 0.1) is 0 Å². The van der Waals surface area contributed by atoms with Crippen molar-refractivity contribution in [3.05, 3.63) is 18.0 Å². The lowest BCUT2D eigenvalue weighted by Gasteiger charge is -2.24. The van der Waals surface area contributed by atoms with Gasteiger partial charge in [0.2, 0.25) is 10.0 Å². The van der Waals surface area contributed by atoms with Crippen LogP contribution in [0.4, 0.5) is 0 Å². The third kappa shape index (κ3) is 5.36. The van der Waals surface area contributed by atoms with Gasteiger partial charge in [-0.25, -0.2) is 17.9 Å². The number of carbonyl (C=O) groups is 2. The second kappa shape index (κ2) is 7.14. The minimum atomic E-state index is -3.89. The average Bonchev–Trinajstić information content (AvgIpc) is 2.79. The molecule has 0 amide bonds. The standard InChI is InChI=1S/C14H22N2O6S/c1-5-22-13(19)11-8-10(9-16(11)4)23(20,21)15-14(2,3)7-6-12(17)18/h8-9,15H,5-7H2,1-4H3,(H,17,18). The molecule has 0 bridgehead atoms. The maximum absolute atomic E-state index is 12.4. The first-order chi connectivity index (χ1) is 10.5. The van der Waals surface area contributed by atoms with Crippen LogP contribution in [0.25, 0.3) is 0 Å². The predicted octanol–water partition coefficient (Wildman–Crippen LogP) is 1.12. The van der Waals surface area contributed by atoms with Gasteiger partial charge in [-0.15, -0.1) is 0 Å². The van der Waals surface area contributed by atoms with Crippen LogP contribution in [0.2, 0.25) is 0 Å². The Morgan fingerprint density at radius 1 is 1.39 bits per heavy atom.